The molecular formula is C13H25NO3. The highest BCUT2D eigenvalue weighted by atomic mass is 16.5. The van der Waals surface area contributed by atoms with Gasteiger partial charge in [0.2, 0.25) is 0 Å². The molecule has 0 fully saturated rings. The minimum Gasteiger partial charge on any atom is -0.466 e. The third-order valence-electron chi connectivity index (χ3n) is 2.94. The van der Waals surface area contributed by atoms with Crippen LogP contribution in [-0.4, -0.2) is 50.8 Å². The molecule has 0 aliphatic carbocycles. The third-order valence-corrected chi connectivity index (χ3v) is 2.94. The lowest BCUT2D eigenvalue weighted by atomic mass is 10.2. The molecule has 0 saturated heterocycles. The number of hydrogen-bond acceptors (Lipinski definition) is 4. The summed E-state index contributed by atoms with van der Waals surface area (Å²) in [6.45, 7) is 8.43. The van der Waals surface area contributed by atoms with Gasteiger partial charge in [-0.15, -0.1) is 0 Å². The molecule has 0 amide bonds. The van der Waals surface area contributed by atoms with E-state index in [1.165, 1.54) is 7.11 Å². The lowest BCUT2D eigenvalue weighted by molar-refractivity contribution is -0.136. The van der Waals surface area contributed by atoms with Crippen LogP contribution in [0.5, 0.6) is 0 Å². The van der Waals surface area contributed by atoms with Gasteiger partial charge < -0.3 is 9.47 Å². The van der Waals surface area contributed by atoms with Crippen molar-refractivity contribution in [2.75, 3.05) is 33.9 Å². The van der Waals surface area contributed by atoms with E-state index in [2.05, 4.69) is 23.5 Å². The van der Waals surface area contributed by atoms with Gasteiger partial charge in [0.05, 0.1) is 13.7 Å². The summed E-state index contributed by atoms with van der Waals surface area (Å²) in [6, 6.07) is 0.479. The molecule has 4 heteroatoms. The van der Waals surface area contributed by atoms with Crippen LogP contribution in [-0.2, 0) is 14.3 Å². The molecule has 0 aromatic heterocycles. The molecule has 100 valence electrons. The van der Waals surface area contributed by atoms with E-state index in [1.54, 1.807) is 14.0 Å². The van der Waals surface area contributed by atoms with Crippen molar-refractivity contribution in [3.8, 4) is 0 Å². The first-order valence-electron chi connectivity index (χ1n) is 6.04. The molecule has 0 spiro atoms. The number of nitrogens with zero attached hydrogens (tertiary/aromatic N) is 1. The minimum absolute atomic E-state index is 0.263. The van der Waals surface area contributed by atoms with Crippen LogP contribution in [0.2, 0.25) is 0 Å². The van der Waals surface area contributed by atoms with Crippen molar-refractivity contribution < 1.29 is 14.3 Å². The van der Waals surface area contributed by atoms with Crippen molar-refractivity contribution in [3.05, 3.63) is 11.6 Å². The smallest absolute Gasteiger partial charge is 0.333 e. The van der Waals surface area contributed by atoms with Crippen LogP contribution in [0.1, 0.15) is 27.2 Å². The Kier molecular flexibility index (Phi) is 8.72. The van der Waals surface area contributed by atoms with Crippen LogP contribution < -0.4 is 0 Å². The fourth-order valence-electron chi connectivity index (χ4n) is 1.46. The van der Waals surface area contributed by atoms with E-state index in [9.17, 15) is 4.79 Å². The topological polar surface area (TPSA) is 38.8 Å². The van der Waals surface area contributed by atoms with Crippen LogP contribution in [0.3, 0.4) is 0 Å². The summed E-state index contributed by atoms with van der Waals surface area (Å²) >= 11 is 0. The zero-order chi connectivity index (χ0) is 13.3. The Morgan fingerprint density at radius 2 is 2.06 bits per heavy atom. The highest BCUT2D eigenvalue weighted by Gasteiger charge is 2.11. The molecule has 1 atom stereocenters. The Hall–Kier alpha value is -0.870. The first kappa shape index (κ1) is 16.1. The Bertz CT molecular complexity index is 251. The van der Waals surface area contributed by atoms with Gasteiger partial charge in [0, 0.05) is 31.8 Å². The molecule has 0 rings (SSSR count). The summed E-state index contributed by atoms with van der Waals surface area (Å²) in [5.74, 6) is -0.263. The second-order valence-electron chi connectivity index (χ2n) is 4.12. The van der Waals surface area contributed by atoms with E-state index in [-0.39, 0.29) is 5.97 Å². The summed E-state index contributed by atoms with van der Waals surface area (Å²) in [5, 5.41) is 0. The number of carbonyl (C=O) groups is 1. The van der Waals surface area contributed by atoms with Crippen LogP contribution in [0, 0.1) is 0 Å². The van der Waals surface area contributed by atoms with E-state index >= 15 is 0 Å². The Morgan fingerprint density at radius 1 is 1.41 bits per heavy atom. The van der Waals surface area contributed by atoms with E-state index in [4.69, 9.17) is 4.74 Å². The summed E-state index contributed by atoms with van der Waals surface area (Å²) in [4.78, 5) is 13.5. The average Bonchev–Trinajstić information content (AvgIpc) is 2.36. The number of rotatable bonds is 8. The lowest BCUT2D eigenvalue weighted by Gasteiger charge is -2.26. The summed E-state index contributed by atoms with van der Waals surface area (Å²) in [6.07, 6.45) is 2.99. The summed E-state index contributed by atoms with van der Waals surface area (Å²) < 4.78 is 9.75. The molecule has 0 saturated carbocycles. The Balaban J connectivity index is 4.37. The SMILES string of the molecule is CCC(C)N(CC=C(C)C(=O)OC)CCOC. The van der Waals surface area contributed by atoms with Crippen molar-refractivity contribution in [2.45, 2.75) is 33.2 Å². The van der Waals surface area contributed by atoms with E-state index < -0.39 is 0 Å². The summed E-state index contributed by atoms with van der Waals surface area (Å²) in [7, 11) is 3.10. The van der Waals surface area contributed by atoms with Crippen molar-refractivity contribution in [3.63, 3.8) is 0 Å². The fraction of sp³-hybridized carbons (Fsp3) is 0.769. The molecule has 4 nitrogen and oxygen atoms in total. The van der Waals surface area contributed by atoms with Crippen molar-refractivity contribution in [2.24, 2.45) is 0 Å². The van der Waals surface area contributed by atoms with Crippen LogP contribution >= 0.6 is 0 Å². The number of methoxy groups -OCH3 is 2. The van der Waals surface area contributed by atoms with Crippen LogP contribution in [0.15, 0.2) is 11.6 Å². The summed E-state index contributed by atoms with van der Waals surface area (Å²) in [5.41, 5.74) is 0.651. The van der Waals surface area contributed by atoms with Gasteiger partial charge in [0.1, 0.15) is 0 Å². The van der Waals surface area contributed by atoms with Gasteiger partial charge in [-0.3, -0.25) is 4.90 Å². The van der Waals surface area contributed by atoms with Gasteiger partial charge in [0.15, 0.2) is 0 Å². The molecule has 17 heavy (non-hydrogen) atoms. The Labute approximate surface area is 105 Å². The maximum absolute atomic E-state index is 11.2. The monoisotopic (exact) mass is 243 g/mol. The molecule has 0 aliphatic heterocycles. The van der Waals surface area contributed by atoms with Gasteiger partial charge in [0.25, 0.3) is 0 Å². The van der Waals surface area contributed by atoms with Crippen molar-refractivity contribution in [1.82, 2.24) is 4.90 Å². The van der Waals surface area contributed by atoms with Crippen LogP contribution in [0.25, 0.3) is 0 Å². The molecule has 0 aliphatic rings. The highest BCUT2D eigenvalue weighted by molar-refractivity contribution is 5.87. The maximum Gasteiger partial charge on any atom is 0.333 e. The molecule has 0 radical (unpaired) electrons. The number of ether oxygens (including phenoxy) is 2. The number of esters is 1. The first-order valence-corrected chi connectivity index (χ1v) is 6.04. The second kappa shape index (κ2) is 9.19. The second-order valence-corrected chi connectivity index (χ2v) is 4.12. The van der Waals surface area contributed by atoms with Gasteiger partial charge >= 0.3 is 5.97 Å². The van der Waals surface area contributed by atoms with E-state index in [1.807, 2.05) is 6.08 Å². The molecule has 0 heterocycles. The van der Waals surface area contributed by atoms with Gasteiger partial charge in [-0.05, 0) is 20.3 Å². The zero-order valence-corrected chi connectivity index (χ0v) is 11.7. The largest absolute Gasteiger partial charge is 0.466 e. The first-order chi connectivity index (χ1) is 8.06. The van der Waals surface area contributed by atoms with Crippen LogP contribution in [0.4, 0.5) is 0 Å². The normalized spacial score (nSPS) is 13.9. The molecule has 1 unspecified atom stereocenters. The Morgan fingerprint density at radius 3 is 2.53 bits per heavy atom. The molecule has 0 bridgehead atoms. The quantitative estimate of drug-likeness (QED) is 0.482. The molecule has 0 N–H and O–H groups in total. The molecule has 0 aromatic rings. The number of hydrogen-bond donors (Lipinski definition) is 0. The highest BCUT2D eigenvalue weighted by Crippen LogP contribution is 2.05. The van der Waals surface area contributed by atoms with Crippen molar-refractivity contribution in [1.29, 1.82) is 0 Å². The zero-order valence-electron chi connectivity index (χ0n) is 11.7. The lowest BCUT2D eigenvalue weighted by Crippen LogP contribution is -2.35. The predicted molar refractivity (Wildman–Crippen MR) is 69.0 cm³/mol. The van der Waals surface area contributed by atoms with Gasteiger partial charge in [-0.1, -0.05) is 13.0 Å². The molecular weight excluding hydrogens is 218 g/mol. The maximum atomic E-state index is 11.2. The fourth-order valence-corrected chi connectivity index (χ4v) is 1.46. The van der Waals surface area contributed by atoms with Crippen molar-refractivity contribution >= 4 is 5.97 Å². The van der Waals surface area contributed by atoms with E-state index in [0.29, 0.717) is 18.2 Å². The standard InChI is InChI=1S/C13H25NO3/c1-6-12(3)14(9-10-16-4)8-7-11(2)13(15)17-5/h7,12H,6,8-10H2,1-5H3. The number of carbonyl (C=O) groups excluding carboxylic acids is 1. The third kappa shape index (κ3) is 6.44. The average molecular weight is 243 g/mol. The predicted octanol–water partition coefficient (Wildman–Crippen LogP) is 1.85. The van der Waals surface area contributed by atoms with Gasteiger partial charge in [-0.25, -0.2) is 4.79 Å². The van der Waals surface area contributed by atoms with Gasteiger partial charge in [-0.2, -0.15) is 0 Å². The minimum atomic E-state index is -0.263. The molecule has 0 aromatic carbocycles. The van der Waals surface area contributed by atoms with E-state index in [0.717, 1.165) is 19.5 Å².